The molecule has 2 rings (SSSR count). The monoisotopic (exact) mass is 290 g/mol. The number of nitrogens with zero attached hydrogens (tertiary/aromatic N) is 3. The summed E-state index contributed by atoms with van der Waals surface area (Å²) in [7, 11) is 4.36. The van der Waals surface area contributed by atoms with Gasteiger partial charge in [0, 0.05) is 31.9 Å². The summed E-state index contributed by atoms with van der Waals surface area (Å²) < 4.78 is 0. The summed E-state index contributed by atoms with van der Waals surface area (Å²) in [4.78, 5) is 9.33. The summed E-state index contributed by atoms with van der Waals surface area (Å²) in [5.41, 5.74) is 1.33. The predicted octanol–water partition coefficient (Wildman–Crippen LogP) is 2.36. The Labute approximate surface area is 129 Å². The summed E-state index contributed by atoms with van der Waals surface area (Å²) in [6.45, 7) is 8.69. The van der Waals surface area contributed by atoms with Crippen LogP contribution in [-0.2, 0) is 6.54 Å². The van der Waals surface area contributed by atoms with E-state index in [9.17, 15) is 0 Å². The fraction of sp³-hybridized carbons (Fsp3) is 0.706. The molecule has 0 bridgehead atoms. The molecule has 0 amide bonds. The van der Waals surface area contributed by atoms with Crippen molar-refractivity contribution in [2.45, 2.75) is 39.3 Å². The van der Waals surface area contributed by atoms with Crippen LogP contribution in [-0.4, -0.2) is 49.7 Å². The molecular formula is C17H30N4. The summed E-state index contributed by atoms with van der Waals surface area (Å²) >= 11 is 0. The first-order chi connectivity index (χ1) is 10.1. The van der Waals surface area contributed by atoms with E-state index in [0.29, 0.717) is 5.92 Å². The van der Waals surface area contributed by atoms with Crippen LogP contribution >= 0.6 is 0 Å². The molecular weight excluding hydrogens is 260 g/mol. The van der Waals surface area contributed by atoms with Crippen molar-refractivity contribution in [1.29, 1.82) is 0 Å². The quantitative estimate of drug-likeness (QED) is 0.871. The lowest BCUT2D eigenvalue weighted by molar-refractivity contribution is 0.249. The van der Waals surface area contributed by atoms with Gasteiger partial charge in [-0.15, -0.1) is 0 Å². The highest BCUT2D eigenvalue weighted by Crippen LogP contribution is 2.20. The zero-order valence-corrected chi connectivity index (χ0v) is 14.0. The Bertz CT molecular complexity index is 423. The second-order valence-corrected chi connectivity index (χ2v) is 6.73. The van der Waals surface area contributed by atoms with Gasteiger partial charge in [0.15, 0.2) is 0 Å². The van der Waals surface area contributed by atoms with Crippen molar-refractivity contribution < 1.29 is 0 Å². The standard InChI is InChI=1S/C17H30N4/c1-14(2)12-18-13-15-5-8-19-17(11-15)21-9-6-16(7-10-21)20(3)4/h5,8,11,14,16,18H,6-7,9-10,12-13H2,1-4H3. The van der Waals surface area contributed by atoms with Gasteiger partial charge in [0.1, 0.15) is 5.82 Å². The molecule has 4 heteroatoms. The molecule has 0 radical (unpaired) electrons. The number of hydrogen-bond acceptors (Lipinski definition) is 4. The molecule has 118 valence electrons. The van der Waals surface area contributed by atoms with Crippen molar-refractivity contribution in [2.24, 2.45) is 5.92 Å². The molecule has 2 heterocycles. The van der Waals surface area contributed by atoms with Crippen LogP contribution < -0.4 is 10.2 Å². The van der Waals surface area contributed by atoms with E-state index in [4.69, 9.17) is 0 Å². The van der Waals surface area contributed by atoms with Gasteiger partial charge >= 0.3 is 0 Å². The van der Waals surface area contributed by atoms with E-state index < -0.39 is 0 Å². The number of rotatable bonds is 6. The van der Waals surface area contributed by atoms with E-state index in [1.54, 1.807) is 0 Å². The Hall–Kier alpha value is -1.13. The lowest BCUT2D eigenvalue weighted by atomic mass is 10.0. The van der Waals surface area contributed by atoms with Gasteiger partial charge in [0.05, 0.1) is 0 Å². The molecule has 0 spiro atoms. The normalized spacial score (nSPS) is 17.0. The van der Waals surface area contributed by atoms with E-state index in [1.807, 2.05) is 6.20 Å². The number of aromatic nitrogens is 1. The second-order valence-electron chi connectivity index (χ2n) is 6.73. The molecule has 0 aliphatic carbocycles. The van der Waals surface area contributed by atoms with Gasteiger partial charge in [-0.05, 0) is 57.1 Å². The molecule has 1 aliphatic heterocycles. The molecule has 1 N–H and O–H groups in total. The van der Waals surface area contributed by atoms with Crippen molar-refractivity contribution in [3.63, 3.8) is 0 Å². The maximum Gasteiger partial charge on any atom is 0.128 e. The minimum atomic E-state index is 0.691. The van der Waals surface area contributed by atoms with Crippen LogP contribution in [0, 0.1) is 5.92 Å². The second kappa shape index (κ2) is 7.76. The first-order valence-corrected chi connectivity index (χ1v) is 8.13. The topological polar surface area (TPSA) is 31.4 Å². The Morgan fingerprint density at radius 3 is 2.67 bits per heavy atom. The number of piperidine rings is 1. The summed E-state index contributed by atoms with van der Waals surface area (Å²) in [5.74, 6) is 1.83. The molecule has 0 saturated carbocycles. The lowest BCUT2D eigenvalue weighted by Gasteiger charge is -2.35. The zero-order chi connectivity index (χ0) is 15.2. The Morgan fingerprint density at radius 1 is 1.33 bits per heavy atom. The van der Waals surface area contributed by atoms with Crippen molar-refractivity contribution >= 4 is 5.82 Å². The van der Waals surface area contributed by atoms with Gasteiger partial charge in [0.25, 0.3) is 0 Å². The summed E-state index contributed by atoms with van der Waals surface area (Å²) in [5, 5.41) is 3.50. The Morgan fingerprint density at radius 2 is 2.05 bits per heavy atom. The third-order valence-corrected chi connectivity index (χ3v) is 4.21. The van der Waals surface area contributed by atoms with Gasteiger partial charge in [-0.3, -0.25) is 0 Å². The molecule has 0 atom stereocenters. The number of hydrogen-bond donors (Lipinski definition) is 1. The molecule has 21 heavy (non-hydrogen) atoms. The maximum atomic E-state index is 4.56. The fourth-order valence-corrected chi connectivity index (χ4v) is 2.86. The molecule has 1 aromatic rings. The summed E-state index contributed by atoms with van der Waals surface area (Å²) in [6, 6.07) is 5.07. The first kappa shape index (κ1) is 16.2. The van der Waals surface area contributed by atoms with Crippen LogP contribution in [0.2, 0.25) is 0 Å². The van der Waals surface area contributed by atoms with Crippen molar-refractivity contribution in [1.82, 2.24) is 15.2 Å². The minimum Gasteiger partial charge on any atom is -0.356 e. The van der Waals surface area contributed by atoms with Crippen LogP contribution in [0.5, 0.6) is 0 Å². The van der Waals surface area contributed by atoms with Gasteiger partial charge in [-0.1, -0.05) is 13.8 Å². The highest BCUT2D eigenvalue weighted by Gasteiger charge is 2.21. The van der Waals surface area contributed by atoms with Gasteiger partial charge in [-0.25, -0.2) is 4.98 Å². The Balaban J connectivity index is 1.89. The van der Waals surface area contributed by atoms with E-state index >= 15 is 0 Å². The maximum absolute atomic E-state index is 4.56. The molecule has 4 nitrogen and oxygen atoms in total. The van der Waals surface area contributed by atoms with E-state index in [2.05, 4.69) is 60.2 Å². The average molecular weight is 290 g/mol. The Kier molecular flexibility index (Phi) is 6.00. The van der Waals surface area contributed by atoms with E-state index in [0.717, 1.165) is 38.0 Å². The van der Waals surface area contributed by atoms with Crippen LogP contribution in [0.1, 0.15) is 32.3 Å². The zero-order valence-electron chi connectivity index (χ0n) is 14.0. The molecule has 0 aromatic carbocycles. The largest absolute Gasteiger partial charge is 0.356 e. The fourth-order valence-electron chi connectivity index (χ4n) is 2.86. The average Bonchev–Trinajstić information content (AvgIpc) is 2.47. The smallest absolute Gasteiger partial charge is 0.128 e. The van der Waals surface area contributed by atoms with Crippen LogP contribution in [0.15, 0.2) is 18.3 Å². The minimum absolute atomic E-state index is 0.691. The van der Waals surface area contributed by atoms with Gasteiger partial charge in [0.2, 0.25) is 0 Å². The number of nitrogens with one attached hydrogen (secondary N) is 1. The lowest BCUT2D eigenvalue weighted by Crippen LogP contribution is -2.42. The molecule has 0 unspecified atom stereocenters. The van der Waals surface area contributed by atoms with Crippen LogP contribution in [0.25, 0.3) is 0 Å². The van der Waals surface area contributed by atoms with E-state index in [1.165, 1.54) is 18.4 Å². The van der Waals surface area contributed by atoms with Crippen molar-refractivity contribution in [2.75, 3.05) is 38.6 Å². The third kappa shape index (κ3) is 4.97. The van der Waals surface area contributed by atoms with Crippen LogP contribution in [0.3, 0.4) is 0 Å². The number of anilines is 1. The van der Waals surface area contributed by atoms with Crippen molar-refractivity contribution in [3.8, 4) is 0 Å². The van der Waals surface area contributed by atoms with Gasteiger partial charge < -0.3 is 15.1 Å². The molecule has 1 saturated heterocycles. The summed E-state index contributed by atoms with van der Waals surface area (Å²) in [6.07, 6.45) is 4.40. The highest BCUT2D eigenvalue weighted by atomic mass is 15.2. The van der Waals surface area contributed by atoms with E-state index in [-0.39, 0.29) is 0 Å². The SMILES string of the molecule is CC(C)CNCc1ccnc(N2CCC(N(C)C)CC2)c1. The molecule has 1 fully saturated rings. The highest BCUT2D eigenvalue weighted by molar-refractivity contribution is 5.41. The first-order valence-electron chi connectivity index (χ1n) is 8.13. The number of pyridine rings is 1. The van der Waals surface area contributed by atoms with Crippen LogP contribution in [0.4, 0.5) is 5.82 Å². The van der Waals surface area contributed by atoms with Crippen molar-refractivity contribution in [3.05, 3.63) is 23.9 Å². The van der Waals surface area contributed by atoms with Gasteiger partial charge in [-0.2, -0.15) is 0 Å². The molecule has 1 aliphatic rings. The third-order valence-electron chi connectivity index (χ3n) is 4.21. The predicted molar refractivity (Wildman–Crippen MR) is 89.7 cm³/mol. The molecule has 1 aromatic heterocycles.